The molecule has 1 rings (SSSR count). The smallest absolute Gasteiger partial charge is 0.419 e. The lowest BCUT2D eigenvalue weighted by Gasteiger charge is -2.15. The van der Waals surface area contributed by atoms with Crippen LogP contribution in [0.15, 0.2) is 12.1 Å². The Balaban J connectivity index is 3.59. The number of aldehydes is 1. The standard InChI is InChI=1S/C9H4F6O2/c10-8(11,12)5-1-4(3-16)2-6(7(5)17)9(13,14)15/h1-3,17H. The second-order valence-corrected chi connectivity index (χ2v) is 3.08. The van der Waals surface area contributed by atoms with Crippen molar-refractivity contribution in [2.45, 2.75) is 12.4 Å². The number of halogens is 6. The Bertz CT molecular complexity index is 411. The Kier molecular flexibility index (Phi) is 3.09. The number of alkyl halides is 6. The Labute approximate surface area is 90.5 Å². The average molecular weight is 258 g/mol. The number of phenolic OH excluding ortho intramolecular Hbond substituents is 1. The second kappa shape index (κ2) is 3.94. The maximum atomic E-state index is 12.3. The highest BCUT2D eigenvalue weighted by molar-refractivity contribution is 5.76. The van der Waals surface area contributed by atoms with Crippen molar-refractivity contribution in [3.05, 3.63) is 28.8 Å². The predicted molar refractivity (Wildman–Crippen MR) is 43.5 cm³/mol. The second-order valence-electron chi connectivity index (χ2n) is 3.08. The van der Waals surface area contributed by atoms with Gasteiger partial charge in [-0.05, 0) is 12.1 Å². The van der Waals surface area contributed by atoms with Crippen LogP contribution in [0.25, 0.3) is 0 Å². The van der Waals surface area contributed by atoms with Gasteiger partial charge in [0.1, 0.15) is 12.0 Å². The van der Waals surface area contributed by atoms with Gasteiger partial charge in [0.05, 0.1) is 11.1 Å². The minimum atomic E-state index is -5.18. The molecule has 0 aliphatic heterocycles. The van der Waals surface area contributed by atoms with E-state index in [1.165, 1.54) is 0 Å². The fraction of sp³-hybridized carbons (Fsp3) is 0.222. The summed E-state index contributed by atoms with van der Waals surface area (Å²) in [7, 11) is 0. The van der Waals surface area contributed by atoms with Crippen LogP contribution in [-0.2, 0) is 12.4 Å². The summed E-state index contributed by atoms with van der Waals surface area (Å²) in [6.07, 6.45) is -10.5. The van der Waals surface area contributed by atoms with Gasteiger partial charge in [0, 0.05) is 5.56 Å². The molecule has 0 spiro atoms. The number of carbonyl (C=O) groups excluding carboxylic acids is 1. The third kappa shape index (κ3) is 2.69. The van der Waals surface area contributed by atoms with Crippen LogP contribution in [-0.4, -0.2) is 11.4 Å². The predicted octanol–water partition coefficient (Wildman–Crippen LogP) is 3.24. The van der Waals surface area contributed by atoms with Crippen molar-refractivity contribution in [3.8, 4) is 5.75 Å². The molecule has 0 atom stereocenters. The van der Waals surface area contributed by atoms with Crippen LogP contribution in [0.5, 0.6) is 5.75 Å². The molecule has 0 bridgehead atoms. The molecule has 94 valence electrons. The van der Waals surface area contributed by atoms with Crippen LogP contribution in [0.2, 0.25) is 0 Å². The van der Waals surface area contributed by atoms with Gasteiger partial charge in [-0.25, -0.2) is 0 Å². The topological polar surface area (TPSA) is 37.3 Å². The third-order valence-corrected chi connectivity index (χ3v) is 1.88. The molecule has 0 aliphatic rings. The average Bonchev–Trinajstić information content (AvgIpc) is 2.14. The number of aromatic hydroxyl groups is 1. The molecule has 0 fully saturated rings. The van der Waals surface area contributed by atoms with E-state index in [1.54, 1.807) is 0 Å². The maximum absolute atomic E-state index is 12.3. The summed E-state index contributed by atoms with van der Waals surface area (Å²) in [6.45, 7) is 0. The zero-order valence-corrected chi connectivity index (χ0v) is 7.86. The minimum Gasteiger partial charge on any atom is -0.507 e. The lowest BCUT2D eigenvalue weighted by atomic mass is 10.0. The van der Waals surface area contributed by atoms with E-state index >= 15 is 0 Å². The lowest BCUT2D eigenvalue weighted by molar-refractivity contribution is -0.145. The van der Waals surface area contributed by atoms with E-state index in [9.17, 15) is 31.1 Å². The van der Waals surface area contributed by atoms with Gasteiger partial charge in [0.15, 0.2) is 0 Å². The number of hydrogen-bond donors (Lipinski definition) is 1. The number of carbonyl (C=O) groups is 1. The Morgan fingerprint density at radius 1 is 0.941 bits per heavy atom. The van der Waals surface area contributed by atoms with Crippen LogP contribution in [0.1, 0.15) is 21.5 Å². The highest BCUT2D eigenvalue weighted by Crippen LogP contribution is 2.43. The van der Waals surface area contributed by atoms with Gasteiger partial charge in [0.25, 0.3) is 0 Å². The van der Waals surface area contributed by atoms with Crippen molar-refractivity contribution in [2.75, 3.05) is 0 Å². The summed E-state index contributed by atoms with van der Waals surface area (Å²) in [5.41, 5.74) is -4.61. The van der Waals surface area contributed by atoms with Gasteiger partial charge in [-0.3, -0.25) is 4.79 Å². The summed E-state index contributed by atoms with van der Waals surface area (Å²) in [5, 5.41) is 8.92. The van der Waals surface area contributed by atoms with Crippen LogP contribution >= 0.6 is 0 Å². The van der Waals surface area contributed by atoms with E-state index < -0.39 is 34.8 Å². The molecule has 1 aromatic carbocycles. The Hall–Kier alpha value is -1.73. The zero-order valence-electron chi connectivity index (χ0n) is 7.86. The zero-order chi connectivity index (χ0) is 13.4. The molecular weight excluding hydrogens is 254 g/mol. The van der Waals surface area contributed by atoms with Crippen LogP contribution in [0.4, 0.5) is 26.3 Å². The van der Waals surface area contributed by atoms with Crippen molar-refractivity contribution in [1.29, 1.82) is 0 Å². The molecule has 2 nitrogen and oxygen atoms in total. The van der Waals surface area contributed by atoms with E-state index in [-0.39, 0.29) is 18.4 Å². The number of rotatable bonds is 1. The van der Waals surface area contributed by atoms with Gasteiger partial charge in [-0.2, -0.15) is 26.3 Å². The highest BCUT2D eigenvalue weighted by atomic mass is 19.4. The fourth-order valence-corrected chi connectivity index (χ4v) is 1.16. The summed E-state index contributed by atoms with van der Waals surface area (Å²) < 4.78 is 73.7. The van der Waals surface area contributed by atoms with Crippen molar-refractivity contribution >= 4 is 6.29 Å². The fourth-order valence-electron chi connectivity index (χ4n) is 1.16. The van der Waals surface area contributed by atoms with Gasteiger partial charge in [-0.15, -0.1) is 0 Å². The van der Waals surface area contributed by atoms with Crippen molar-refractivity contribution in [2.24, 2.45) is 0 Å². The molecule has 0 radical (unpaired) electrons. The molecule has 0 aromatic heterocycles. The van der Waals surface area contributed by atoms with Crippen LogP contribution in [0, 0.1) is 0 Å². The number of benzene rings is 1. The van der Waals surface area contributed by atoms with Gasteiger partial charge in [0.2, 0.25) is 0 Å². The van der Waals surface area contributed by atoms with Crippen molar-refractivity contribution < 1.29 is 36.2 Å². The van der Waals surface area contributed by atoms with E-state index in [0.29, 0.717) is 0 Å². The molecule has 0 saturated carbocycles. The molecular formula is C9H4F6O2. The summed E-state index contributed by atoms with van der Waals surface area (Å²) >= 11 is 0. The van der Waals surface area contributed by atoms with E-state index in [4.69, 9.17) is 5.11 Å². The first kappa shape index (κ1) is 13.3. The monoisotopic (exact) mass is 258 g/mol. The van der Waals surface area contributed by atoms with Crippen LogP contribution in [0.3, 0.4) is 0 Å². The normalized spacial score (nSPS) is 12.6. The third-order valence-electron chi connectivity index (χ3n) is 1.88. The molecule has 8 heteroatoms. The molecule has 17 heavy (non-hydrogen) atoms. The maximum Gasteiger partial charge on any atom is 0.419 e. The largest absolute Gasteiger partial charge is 0.507 e. The molecule has 1 aromatic rings. The number of phenols is 1. The Morgan fingerprint density at radius 2 is 1.29 bits per heavy atom. The first-order chi connectivity index (χ1) is 7.57. The van der Waals surface area contributed by atoms with Crippen molar-refractivity contribution in [3.63, 3.8) is 0 Å². The van der Waals surface area contributed by atoms with Crippen molar-refractivity contribution in [1.82, 2.24) is 0 Å². The molecule has 0 unspecified atom stereocenters. The molecule has 0 amide bonds. The SMILES string of the molecule is O=Cc1cc(C(F)(F)F)c(O)c(C(F)(F)F)c1. The molecule has 1 N–H and O–H groups in total. The van der Waals surface area contributed by atoms with Gasteiger partial charge >= 0.3 is 12.4 Å². The number of hydrogen-bond acceptors (Lipinski definition) is 2. The van der Waals surface area contributed by atoms with E-state index in [0.717, 1.165) is 0 Å². The van der Waals surface area contributed by atoms with Gasteiger partial charge in [-0.1, -0.05) is 0 Å². The summed E-state index contributed by atoms with van der Waals surface area (Å²) in [5.74, 6) is -1.93. The summed E-state index contributed by atoms with van der Waals surface area (Å²) in [6, 6.07) is 0.301. The molecule has 0 aliphatic carbocycles. The van der Waals surface area contributed by atoms with E-state index in [1.807, 2.05) is 0 Å². The molecule has 0 heterocycles. The first-order valence-electron chi connectivity index (χ1n) is 4.04. The lowest BCUT2D eigenvalue weighted by Crippen LogP contribution is -2.12. The first-order valence-corrected chi connectivity index (χ1v) is 4.04. The Morgan fingerprint density at radius 3 is 1.53 bits per heavy atom. The summed E-state index contributed by atoms with van der Waals surface area (Å²) in [4.78, 5) is 10.3. The van der Waals surface area contributed by atoms with E-state index in [2.05, 4.69) is 0 Å². The van der Waals surface area contributed by atoms with Crippen LogP contribution < -0.4 is 0 Å². The minimum absolute atomic E-state index is 0.150. The highest BCUT2D eigenvalue weighted by Gasteiger charge is 2.41. The van der Waals surface area contributed by atoms with Gasteiger partial charge < -0.3 is 5.11 Å². The molecule has 0 saturated heterocycles. The quantitative estimate of drug-likeness (QED) is 0.620.